The molecule has 0 bridgehead atoms. The third-order valence-corrected chi connectivity index (χ3v) is 4.02. The second kappa shape index (κ2) is 4.27. The number of sulfonamides is 1. The summed E-state index contributed by atoms with van der Waals surface area (Å²) < 4.78 is 24.8. The summed E-state index contributed by atoms with van der Waals surface area (Å²) in [5.74, 6) is -0.591. The molecule has 0 aromatic rings. The highest BCUT2D eigenvalue weighted by molar-refractivity contribution is 7.90. The van der Waals surface area contributed by atoms with E-state index in [0.29, 0.717) is 13.0 Å². The van der Waals surface area contributed by atoms with Gasteiger partial charge in [-0.2, -0.15) is 0 Å². The Morgan fingerprint density at radius 3 is 2.57 bits per heavy atom. The van der Waals surface area contributed by atoms with E-state index in [-0.39, 0.29) is 11.8 Å². The summed E-state index contributed by atoms with van der Waals surface area (Å²) in [7, 11) is -3.46. The summed E-state index contributed by atoms with van der Waals surface area (Å²) in [5, 5.41) is 2.44. The summed E-state index contributed by atoms with van der Waals surface area (Å²) in [6.07, 6.45) is 0.708. The molecule has 0 aromatic heterocycles. The van der Waals surface area contributed by atoms with Crippen LogP contribution in [-0.2, 0) is 14.8 Å². The second-order valence-corrected chi connectivity index (χ2v) is 5.99. The number of amides is 1. The first-order valence-electron chi connectivity index (χ1n) is 4.69. The van der Waals surface area contributed by atoms with Gasteiger partial charge in [0.25, 0.3) is 0 Å². The lowest BCUT2D eigenvalue weighted by atomic mass is 10.1. The lowest BCUT2D eigenvalue weighted by Gasteiger charge is -2.12. The number of hydrogen-bond donors (Lipinski definition) is 2. The fourth-order valence-electron chi connectivity index (χ4n) is 1.22. The number of carbonyl (C=O) groups excluding carboxylic acids is 1. The quantitative estimate of drug-likeness (QED) is 0.669. The van der Waals surface area contributed by atoms with Gasteiger partial charge in [-0.3, -0.25) is 9.52 Å². The van der Waals surface area contributed by atoms with Crippen molar-refractivity contribution < 1.29 is 13.2 Å². The average molecular weight is 220 g/mol. The predicted octanol–water partition coefficient (Wildman–Crippen LogP) is -0.550. The van der Waals surface area contributed by atoms with Gasteiger partial charge in [0, 0.05) is 6.54 Å². The van der Waals surface area contributed by atoms with E-state index in [0.717, 1.165) is 6.54 Å². The van der Waals surface area contributed by atoms with Crippen molar-refractivity contribution in [2.45, 2.75) is 25.5 Å². The van der Waals surface area contributed by atoms with Gasteiger partial charge < -0.3 is 5.32 Å². The highest BCUT2D eigenvalue weighted by Crippen LogP contribution is 2.08. The Morgan fingerprint density at radius 2 is 2.14 bits per heavy atom. The zero-order valence-electron chi connectivity index (χ0n) is 8.41. The third kappa shape index (κ3) is 2.68. The van der Waals surface area contributed by atoms with Crippen LogP contribution < -0.4 is 10.0 Å². The Balaban J connectivity index is 2.56. The minimum absolute atomic E-state index is 0.205. The van der Waals surface area contributed by atoms with Crippen molar-refractivity contribution >= 4 is 15.9 Å². The molecule has 0 radical (unpaired) electrons. The molecule has 5 nitrogen and oxygen atoms in total. The molecule has 0 aliphatic carbocycles. The normalized spacial score (nSPS) is 22.6. The zero-order valence-corrected chi connectivity index (χ0v) is 9.23. The van der Waals surface area contributed by atoms with Crippen LogP contribution in [-0.4, -0.2) is 32.7 Å². The van der Waals surface area contributed by atoms with E-state index in [2.05, 4.69) is 10.0 Å². The van der Waals surface area contributed by atoms with Crippen LogP contribution in [0.1, 0.15) is 20.3 Å². The summed E-state index contributed by atoms with van der Waals surface area (Å²) in [6, 6.07) is 0. The molecule has 0 spiro atoms. The fraction of sp³-hybridized carbons (Fsp3) is 0.875. The molecule has 1 fully saturated rings. The Labute approximate surface area is 84.3 Å². The van der Waals surface area contributed by atoms with E-state index < -0.39 is 15.3 Å². The molecule has 1 aliphatic rings. The molecule has 1 heterocycles. The molecular formula is C8H16N2O3S. The Bertz CT molecular complexity index is 305. The first-order chi connectivity index (χ1) is 6.43. The van der Waals surface area contributed by atoms with Gasteiger partial charge in [0.05, 0.1) is 11.2 Å². The summed E-state index contributed by atoms with van der Waals surface area (Å²) >= 11 is 0. The highest BCUT2D eigenvalue weighted by Gasteiger charge is 2.27. The third-order valence-electron chi connectivity index (χ3n) is 2.29. The van der Waals surface area contributed by atoms with Crippen molar-refractivity contribution in [3.8, 4) is 0 Å². The maximum atomic E-state index is 11.4. The summed E-state index contributed by atoms with van der Waals surface area (Å²) in [5.41, 5.74) is 0. The van der Waals surface area contributed by atoms with Crippen LogP contribution >= 0.6 is 0 Å². The monoisotopic (exact) mass is 220 g/mol. The standard InChI is InChI=1S/C8H16N2O3S/c1-6(2)14(12,13)10-8(11)7-3-4-9-5-7/h6-7,9H,3-5H2,1-2H3,(H,10,11). The van der Waals surface area contributed by atoms with Crippen LogP contribution in [0, 0.1) is 5.92 Å². The van der Waals surface area contributed by atoms with E-state index >= 15 is 0 Å². The Hall–Kier alpha value is -0.620. The molecule has 14 heavy (non-hydrogen) atoms. The van der Waals surface area contributed by atoms with Crippen molar-refractivity contribution in [2.24, 2.45) is 5.92 Å². The number of nitrogens with one attached hydrogen (secondary N) is 2. The van der Waals surface area contributed by atoms with Crippen molar-refractivity contribution in [1.29, 1.82) is 0 Å². The van der Waals surface area contributed by atoms with Crippen LogP contribution in [0.2, 0.25) is 0 Å². The molecule has 6 heteroatoms. The van der Waals surface area contributed by atoms with Gasteiger partial charge in [0.15, 0.2) is 0 Å². The smallest absolute Gasteiger partial charge is 0.237 e. The van der Waals surface area contributed by atoms with E-state index in [1.54, 1.807) is 13.8 Å². The van der Waals surface area contributed by atoms with Gasteiger partial charge in [-0.05, 0) is 26.8 Å². The molecule has 1 amide bonds. The molecule has 1 unspecified atom stereocenters. The lowest BCUT2D eigenvalue weighted by Crippen LogP contribution is -2.40. The molecular weight excluding hydrogens is 204 g/mol. The van der Waals surface area contributed by atoms with Gasteiger partial charge in [0.1, 0.15) is 0 Å². The van der Waals surface area contributed by atoms with Crippen molar-refractivity contribution in [3.05, 3.63) is 0 Å². The van der Waals surface area contributed by atoms with E-state index in [9.17, 15) is 13.2 Å². The molecule has 1 atom stereocenters. The van der Waals surface area contributed by atoms with Crippen LogP contribution in [0.3, 0.4) is 0 Å². The van der Waals surface area contributed by atoms with E-state index in [1.165, 1.54) is 0 Å². The first-order valence-corrected chi connectivity index (χ1v) is 6.24. The first kappa shape index (κ1) is 11.5. The van der Waals surface area contributed by atoms with E-state index in [1.807, 2.05) is 0 Å². The molecule has 1 rings (SSSR count). The van der Waals surface area contributed by atoms with Crippen molar-refractivity contribution in [3.63, 3.8) is 0 Å². The second-order valence-electron chi connectivity index (χ2n) is 3.75. The minimum atomic E-state index is -3.46. The van der Waals surface area contributed by atoms with Crippen LogP contribution in [0.4, 0.5) is 0 Å². The van der Waals surface area contributed by atoms with Crippen molar-refractivity contribution in [1.82, 2.24) is 10.0 Å². The number of rotatable bonds is 3. The van der Waals surface area contributed by atoms with Gasteiger partial charge in [0.2, 0.25) is 15.9 Å². The number of carbonyl (C=O) groups is 1. The van der Waals surface area contributed by atoms with Crippen LogP contribution in [0.5, 0.6) is 0 Å². The topological polar surface area (TPSA) is 75.3 Å². The van der Waals surface area contributed by atoms with Crippen LogP contribution in [0.25, 0.3) is 0 Å². The summed E-state index contributed by atoms with van der Waals surface area (Å²) in [4.78, 5) is 11.4. The van der Waals surface area contributed by atoms with Gasteiger partial charge in [-0.1, -0.05) is 0 Å². The SMILES string of the molecule is CC(C)S(=O)(=O)NC(=O)C1CCNC1. The maximum Gasteiger partial charge on any atom is 0.237 e. The average Bonchev–Trinajstić information content (AvgIpc) is 2.54. The fourth-order valence-corrected chi connectivity index (χ4v) is 1.90. The molecule has 0 aromatic carbocycles. The Morgan fingerprint density at radius 1 is 1.50 bits per heavy atom. The van der Waals surface area contributed by atoms with Crippen LogP contribution in [0.15, 0.2) is 0 Å². The molecule has 2 N–H and O–H groups in total. The molecule has 0 saturated carbocycles. The van der Waals surface area contributed by atoms with Crippen molar-refractivity contribution in [2.75, 3.05) is 13.1 Å². The van der Waals surface area contributed by atoms with Gasteiger partial charge in [-0.15, -0.1) is 0 Å². The zero-order chi connectivity index (χ0) is 10.8. The highest BCUT2D eigenvalue weighted by atomic mass is 32.2. The van der Waals surface area contributed by atoms with Gasteiger partial charge in [-0.25, -0.2) is 8.42 Å². The molecule has 1 aliphatic heterocycles. The molecule has 1 saturated heterocycles. The number of hydrogen-bond acceptors (Lipinski definition) is 4. The minimum Gasteiger partial charge on any atom is -0.316 e. The Kier molecular flexibility index (Phi) is 3.49. The molecule has 82 valence electrons. The van der Waals surface area contributed by atoms with E-state index in [4.69, 9.17) is 0 Å². The lowest BCUT2D eigenvalue weighted by molar-refractivity contribution is -0.122. The predicted molar refractivity (Wildman–Crippen MR) is 53.2 cm³/mol. The summed E-state index contributed by atoms with van der Waals surface area (Å²) in [6.45, 7) is 4.43. The van der Waals surface area contributed by atoms with Gasteiger partial charge >= 0.3 is 0 Å². The largest absolute Gasteiger partial charge is 0.316 e. The maximum absolute atomic E-state index is 11.4.